The van der Waals surface area contributed by atoms with E-state index in [1.165, 1.54) is 11.3 Å². The number of carbonyl (C=O) groups is 1. The van der Waals surface area contributed by atoms with Crippen LogP contribution in [0.3, 0.4) is 0 Å². The molecule has 41 heavy (non-hydrogen) atoms. The second kappa shape index (κ2) is 10.9. The molecule has 0 saturated heterocycles. The van der Waals surface area contributed by atoms with E-state index in [0.717, 1.165) is 22.0 Å². The molecule has 1 aliphatic heterocycles. The first kappa shape index (κ1) is 26.3. The lowest BCUT2D eigenvalue weighted by Gasteiger charge is -2.25. The number of allylic oxidation sites excluding steroid dienone is 2. The number of fused-ring (bicyclic) bond motifs is 2. The third kappa shape index (κ3) is 4.83. The number of anilines is 1. The number of para-hydroxylation sites is 2. The fourth-order valence-corrected chi connectivity index (χ4v) is 6.29. The molecule has 0 unspecified atom stereocenters. The van der Waals surface area contributed by atoms with Gasteiger partial charge in [-0.15, -0.1) is 6.58 Å². The minimum Gasteiger partial charge on any atom is -0.497 e. The Kier molecular flexibility index (Phi) is 6.99. The standard InChI is InChI=1S/C33H28N4O3S/c1-4-18-36-20-23(26-12-8-9-13-27(26)36)19-28-32(39)37-30(22-14-16-25(40-3)17-15-22)29(21(2)34-33(37)41-28)31(38)35-24-10-6-5-7-11-24/h4-17,19-20,30H,1,18H2,2-3H3,(H,35,38)/b28-19+/t30-/m0/s1. The lowest BCUT2D eigenvalue weighted by atomic mass is 9.95. The monoisotopic (exact) mass is 560 g/mol. The summed E-state index contributed by atoms with van der Waals surface area (Å²) in [6, 6.07) is 24.1. The summed E-state index contributed by atoms with van der Waals surface area (Å²) in [5.74, 6) is 0.383. The van der Waals surface area contributed by atoms with Crippen LogP contribution in [0.2, 0.25) is 0 Å². The molecule has 1 N–H and O–H groups in total. The lowest BCUT2D eigenvalue weighted by Crippen LogP contribution is -2.40. The van der Waals surface area contributed by atoms with Crippen LogP contribution in [-0.4, -0.2) is 22.2 Å². The van der Waals surface area contributed by atoms with Crippen LogP contribution < -0.4 is 24.9 Å². The van der Waals surface area contributed by atoms with Gasteiger partial charge in [-0.1, -0.05) is 65.9 Å². The zero-order chi connectivity index (χ0) is 28.5. The molecule has 3 aromatic carbocycles. The smallest absolute Gasteiger partial charge is 0.271 e. The van der Waals surface area contributed by atoms with Gasteiger partial charge in [0, 0.05) is 34.9 Å². The van der Waals surface area contributed by atoms with E-state index in [9.17, 15) is 9.59 Å². The zero-order valence-electron chi connectivity index (χ0n) is 22.7. The fourth-order valence-electron chi connectivity index (χ4n) is 5.25. The second-order valence-electron chi connectivity index (χ2n) is 9.72. The number of nitrogens with one attached hydrogen (secondary N) is 1. The van der Waals surface area contributed by atoms with E-state index < -0.39 is 6.04 Å². The van der Waals surface area contributed by atoms with Crippen LogP contribution in [0.25, 0.3) is 17.0 Å². The van der Waals surface area contributed by atoms with E-state index in [1.54, 1.807) is 11.7 Å². The number of thiazole rings is 1. The topological polar surface area (TPSA) is 77.6 Å². The average molecular weight is 561 g/mol. The molecule has 3 heterocycles. The average Bonchev–Trinajstić information content (AvgIpc) is 3.49. The van der Waals surface area contributed by atoms with Crippen molar-refractivity contribution in [3.8, 4) is 5.75 Å². The number of amides is 1. The van der Waals surface area contributed by atoms with E-state index in [-0.39, 0.29) is 11.5 Å². The highest BCUT2D eigenvalue weighted by Crippen LogP contribution is 2.32. The van der Waals surface area contributed by atoms with Crippen LogP contribution in [0.1, 0.15) is 24.1 Å². The number of aromatic nitrogens is 2. The largest absolute Gasteiger partial charge is 0.497 e. The van der Waals surface area contributed by atoms with Gasteiger partial charge in [-0.2, -0.15) is 0 Å². The highest BCUT2D eigenvalue weighted by molar-refractivity contribution is 7.07. The highest BCUT2D eigenvalue weighted by Gasteiger charge is 2.32. The molecule has 5 aromatic rings. The molecular weight excluding hydrogens is 532 g/mol. The van der Waals surface area contributed by atoms with Gasteiger partial charge in [-0.3, -0.25) is 14.2 Å². The molecule has 204 valence electrons. The van der Waals surface area contributed by atoms with Gasteiger partial charge >= 0.3 is 0 Å². The number of benzene rings is 3. The quantitative estimate of drug-likeness (QED) is 0.284. The first-order valence-electron chi connectivity index (χ1n) is 13.2. The van der Waals surface area contributed by atoms with E-state index in [0.29, 0.717) is 38.6 Å². The molecule has 7 nitrogen and oxygen atoms in total. The Morgan fingerprint density at radius 3 is 2.54 bits per heavy atom. The molecular formula is C33H28N4O3S. The van der Waals surface area contributed by atoms with Gasteiger partial charge in [0.1, 0.15) is 5.75 Å². The van der Waals surface area contributed by atoms with Crippen LogP contribution in [0.4, 0.5) is 5.69 Å². The molecule has 2 aromatic heterocycles. The Morgan fingerprint density at radius 2 is 1.80 bits per heavy atom. The van der Waals surface area contributed by atoms with E-state index in [1.807, 2.05) is 98.1 Å². The van der Waals surface area contributed by atoms with Crippen molar-refractivity contribution in [1.29, 1.82) is 0 Å². The molecule has 1 aliphatic rings. The third-order valence-electron chi connectivity index (χ3n) is 7.16. The van der Waals surface area contributed by atoms with Crippen LogP contribution in [-0.2, 0) is 11.3 Å². The van der Waals surface area contributed by atoms with Crippen LogP contribution >= 0.6 is 11.3 Å². The van der Waals surface area contributed by atoms with Crippen molar-refractivity contribution in [2.24, 2.45) is 4.99 Å². The summed E-state index contributed by atoms with van der Waals surface area (Å²) in [5, 5.41) is 4.03. The van der Waals surface area contributed by atoms with Gasteiger partial charge in [0.05, 0.1) is 29.0 Å². The Hall–Kier alpha value is -4.95. The predicted octanol–water partition coefficient (Wildman–Crippen LogP) is 5.02. The van der Waals surface area contributed by atoms with Crippen molar-refractivity contribution in [3.05, 3.63) is 140 Å². The first-order valence-corrected chi connectivity index (χ1v) is 14.0. The number of hydrogen-bond donors (Lipinski definition) is 1. The summed E-state index contributed by atoms with van der Waals surface area (Å²) >= 11 is 1.32. The molecule has 0 aliphatic carbocycles. The van der Waals surface area contributed by atoms with Crippen molar-refractivity contribution >= 4 is 39.9 Å². The maximum Gasteiger partial charge on any atom is 0.271 e. The molecule has 0 radical (unpaired) electrons. The number of methoxy groups -OCH3 is 1. The van der Waals surface area contributed by atoms with Gasteiger partial charge < -0.3 is 14.6 Å². The van der Waals surface area contributed by atoms with Gasteiger partial charge in [0.2, 0.25) is 0 Å². The van der Waals surface area contributed by atoms with Gasteiger partial charge in [-0.05, 0) is 48.9 Å². The van der Waals surface area contributed by atoms with Crippen molar-refractivity contribution in [3.63, 3.8) is 0 Å². The van der Waals surface area contributed by atoms with Crippen molar-refractivity contribution in [1.82, 2.24) is 9.13 Å². The van der Waals surface area contributed by atoms with E-state index in [2.05, 4.69) is 22.5 Å². The summed E-state index contributed by atoms with van der Waals surface area (Å²) in [4.78, 5) is 33.1. The highest BCUT2D eigenvalue weighted by atomic mass is 32.1. The number of hydrogen-bond acceptors (Lipinski definition) is 5. The molecule has 0 fully saturated rings. The maximum atomic E-state index is 14.1. The minimum atomic E-state index is -0.662. The summed E-state index contributed by atoms with van der Waals surface area (Å²) < 4.78 is 9.65. The molecule has 8 heteroatoms. The summed E-state index contributed by atoms with van der Waals surface area (Å²) in [5.41, 5.74) is 4.24. The molecule has 0 bridgehead atoms. The first-order chi connectivity index (χ1) is 20.0. The molecule has 6 rings (SSSR count). The number of nitrogens with zero attached hydrogens (tertiary/aromatic N) is 3. The molecule has 1 atom stereocenters. The summed E-state index contributed by atoms with van der Waals surface area (Å²) in [7, 11) is 1.60. The third-order valence-corrected chi connectivity index (χ3v) is 8.14. The Bertz CT molecular complexity index is 2000. The van der Waals surface area contributed by atoms with Crippen LogP contribution in [0.15, 0.2) is 119 Å². The van der Waals surface area contributed by atoms with Crippen molar-refractivity contribution < 1.29 is 9.53 Å². The number of ether oxygens (including phenoxy) is 1. The fraction of sp³-hybridized carbons (Fsp3) is 0.121. The van der Waals surface area contributed by atoms with Crippen LogP contribution in [0, 0.1) is 0 Å². The molecule has 1 amide bonds. The normalized spacial score (nSPS) is 15.0. The van der Waals surface area contributed by atoms with E-state index in [4.69, 9.17) is 9.73 Å². The van der Waals surface area contributed by atoms with Crippen molar-refractivity contribution in [2.45, 2.75) is 19.5 Å². The number of rotatable bonds is 7. The van der Waals surface area contributed by atoms with Gasteiger partial charge in [0.25, 0.3) is 11.5 Å². The maximum absolute atomic E-state index is 14.1. The summed E-state index contributed by atoms with van der Waals surface area (Å²) in [6.07, 6.45) is 5.80. The second-order valence-corrected chi connectivity index (χ2v) is 10.7. The lowest BCUT2D eigenvalue weighted by molar-refractivity contribution is -0.113. The molecule has 0 spiro atoms. The minimum absolute atomic E-state index is 0.201. The van der Waals surface area contributed by atoms with Gasteiger partial charge in [-0.25, -0.2) is 4.99 Å². The van der Waals surface area contributed by atoms with E-state index >= 15 is 0 Å². The van der Waals surface area contributed by atoms with Gasteiger partial charge in [0.15, 0.2) is 4.80 Å². The zero-order valence-corrected chi connectivity index (χ0v) is 23.5. The SMILES string of the molecule is C=CCn1cc(/C=c2/sc3n(c2=O)[C@@H](c2ccc(OC)cc2)C(C(=O)Nc2ccccc2)=C(C)N=3)c2ccccc21. The van der Waals surface area contributed by atoms with Crippen LogP contribution in [0.5, 0.6) is 5.75 Å². The summed E-state index contributed by atoms with van der Waals surface area (Å²) in [6.45, 7) is 6.35. The van der Waals surface area contributed by atoms with Crippen molar-refractivity contribution in [2.75, 3.05) is 12.4 Å². The predicted molar refractivity (Wildman–Crippen MR) is 164 cm³/mol. The Morgan fingerprint density at radius 1 is 1.07 bits per heavy atom. The number of carbonyl (C=O) groups excluding carboxylic acids is 1. The Labute approximate surface area is 240 Å². The molecule has 0 saturated carbocycles. The Balaban J connectivity index is 1.52.